The molecule has 0 aliphatic heterocycles. The van der Waals surface area contributed by atoms with E-state index in [9.17, 15) is 9.59 Å². The largest absolute Gasteiger partial charge is 0.383 e. The molecule has 3 N–H and O–H groups in total. The summed E-state index contributed by atoms with van der Waals surface area (Å²) in [6.07, 6.45) is 3.29. The molecule has 1 amide bonds. The summed E-state index contributed by atoms with van der Waals surface area (Å²) in [6.45, 7) is 1.41. The van der Waals surface area contributed by atoms with E-state index in [1.165, 1.54) is 0 Å². The Labute approximate surface area is 246 Å². The summed E-state index contributed by atoms with van der Waals surface area (Å²) in [7, 11) is 1.59. The summed E-state index contributed by atoms with van der Waals surface area (Å²) in [4.78, 5) is 25.2. The highest BCUT2D eigenvalue weighted by Crippen LogP contribution is 2.42. The predicted octanol–water partition coefficient (Wildman–Crippen LogP) is 5.22. The number of nitrogens with two attached hydrogens (primary N) is 1. The molecule has 0 saturated heterocycles. The van der Waals surface area contributed by atoms with Gasteiger partial charge in [-0.05, 0) is 61.6 Å². The van der Waals surface area contributed by atoms with Crippen LogP contribution >= 0.6 is 48.8 Å². The van der Waals surface area contributed by atoms with Crippen LogP contribution in [0.2, 0.25) is 5.02 Å². The van der Waals surface area contributed by atoms with Crippen LogP contribution in [0.15, 0.2) is 65.5 Å². The number of methoxy groups -OCH3 is 1. The second-order valence-electron chi connectivity index (χ2n) is 9.06. The fraction of sp³-hybridized carbons (Fsp3) is 0.370. The fourth-order valence-electron chi connectivity index (χ4n) is 4.86. The number of rotatable bonds is 8. The van der Waals surface area contributed by atoms with Gasteiger partial charge in [0.05, 0.1) is 18.3 Å². The van der Waals surface area contributed by atoms with Crippen LogP contribution in [0.1, 0.15) is 47.6 Å². The molecule has 1 aliphatic rings. The first-order valence-electron chi connectivity index (χ1n) is 11.9. The first kappa shape index (κ1) is 33.9. The summed E-state index contributed by atoms with van der Waals surface area (Å²) < 4.78 is 6.58. The molecular weight excluding hydrogens is 570 g/mol. The minimum atomic E-state index is -0.177. The molecule has 0 radical (unpaired) electrons. The lowest BCUT2D eigenvalue weighted by molar-refractivity contribution is 0.0937. The van der Waals surface area contributed by atoms with Crippen molar-refractivity contribution >= 4 is 54.7 Å². The number of ether oxygens (including phenoxy) is 1. The smallest absolute Gasteiger partial charge is 0.267 e. The third kappa shape index (κ3) is 7.72. The van der Waals surface area contributed by atoms with Gasteiger partial charge in [-0.25, -0.2) is 4.68 Å². The SMILES string of the molecule is COCCNC(=O)c1cccc(-c2ccc(=O)n([C@H]3CC[C@@](CN)(c4cccc(Cl)c4)CC3)n2)c1.Cl.Cl.Cl. The van der Waals surface area contributed by atoms with E-state index in [1.807, 2.05) is 30.3 Å². The lowest BCUT2D eigenvalue weighted by Crippen LogP contribution is -2.41. The van der Waals surface area contributed by atoms with Gasteiger partial charge in [-0.3, -0.25) is 9.59 Å². The Kier molecular flexibility index (Phi) is 13.8. The van der Waals surface area contributed by atoms with Crippen molar-refractivity contribution in [1.82, 2.24) is 15.1 Å². The zero-order chi connectivity index (χ0) is 24.8. The Morgan fingerprint density at radius 2 is 1.82 bits per heavy atom. The maximum Gasteiger partial charge on any atom is 0.267 e. The lowest BCUT2D eigenvalue weighted by atomic mass is 9.68. The van der Waals surface area contributed by atoms with Crippen molar-refractivity contribution in [2.24, 2.45) is 5.73 Å². The summed E-state index contributed by atoms with van der Waals surface area (Å²) in [5.74, 6) is -0.177. The molecular formula is C27H34Cl4N4O3. The van der Waals surface area contributed by atoms with Crippen LogP contribution in [-0.2, 0) is 10.2 Å². The average Bonchev–Trinajstić information content (AvgIpc) is 2.89. The number of carbonyl (C=O) groups is 1. The zero-order valence-corrected chi connectivity index (χ0v) is 24.3. The number of amides is 1. The Morgan fingerprint density at radius 3 is 2.47 bits per heavy atom. The van der Waals surface area contributed by atoms with Gasteiger partial charge in [-0.1, -0.05) is 35.9 Å². The van der Waals surface area contributed by atoms with Gasteiger partial charge in [0, 0.05) is 47.8 Å². The highest BCUT2D eigenvalue weighted by molar-refractivity contribution is 6.30. The first-order chi connectivity index (χ1) is 17.0. The number of hydrogen-bond donors (Lipinski definition) is 2. The molecule has 208 valence electrons. The van der Waals surface area contributed by atoms with E-state index in [0.29, 0.717) is 36.0 Å². The number of halogens is 4. The number of nitrogens with zero attached hydrogens (tertiary/aromatic N) is 2. The van der Waals surface area contributed by atoms with Gasteiger partial charge in [0.15, 0.2) is 0 Å². The molecule has 1 saturated carbocycles. The first-order valence-corrected chi connectivity index (χ1v) is 12.3. The van der Waals surface area contributed by atoms with Gasteiger partial charge in [-0.2, -0.15) is 5.10 Å². The minimum Gasteiger partial charge on any atom is -0.383 e. The van der Waals surface area contributed by atoms with E-state index in [2.05, 4.69) is 11.4 Å². The predicted molar refractivity (Wildman–Crippen MR) is 160 cm³/mol. The highest BCUT2D eigenvalue weighted by Gasteiger charge is 2.37. The Morgan fingerprint density at radius 1 is 1.11 bits per heavy atom. The second kappa shape index (κ2) is 15.5. The average molecular weight is 604 g/mol. The number of aromatic nitrogens is 2. The molecule has 2 aromatic carbocycles. The topological polar surface area (TPSA) is 99.2 Å². The number of benzene rings is 2. The zero-order valence-electron chi connectivity index (χ0n) is 21.1. The Bertz CT molecular complexity index is 1250. The van der Waals surface area contributed by atoms with E-state index >= 15 is 0 Å². The van der Waals surface area contributed by atoms with Crippen molar-refractivity contribution in [2.75, 3.05) is 26.8 Å². The summed E-state index contributed by atoms with van der Waals surface area (Å²) in [5.41, 5.74) is 9.09. The quantitative estimate of drug-likeness (QED) is 0.344. The monoisotopic (exact) mass is 602 g/mol. The molecule has 3 aromatic rings. The van der Waals surface area contributed by atoms with E-state index in [4.69, 9.17) is 27.2 Å². The van der Waals surface area contributed by atoms with E-state index in [1.54, 1.807) is 36.1 Å². The van der Waals surface area contributed by atoms with Crippen molar-refractivity contribution in [3.05, 3.63) is 87.2 Å². The van der Waals surface area contributed by atoms with Gasteiger partial charge < -0.3 is 15.8 Å². The number of carbonyl (C=O) groups excluding carboxylic acids is 1. The summed E-state index contributed by atoms with van der Waals surface area (Å²) >= 11 is 6.24. The molecule has 7 nitrogen and oxygen atoms in total. The van der Waals surface area contributed by atoms with Crippen molar-refractivity contribution < 1.29 is 9.53 Å². The second-order valence-corrected chi connectivity index (χ2v) is 9.49. The van der Waals surface area contributed by atoms with E-state index in [-0.39, 0.29) is 60.1 Å². The number of nitrogens with one attached hydrogen (secondary N) is 1. The van der Waals surface area contributed by atoms with Crippen LogP contribution in [0.3, 0.4) is 0 Å². The normalized spacial score (nSPS) is 18.3. The van der Waals surface area contributed by atoms with Crippen LogP contribution in [0.4, 0.5) is 0 Å². The van der Waals surface area contributed by atoms with Gasteiger partial charge in [0.1, 0.15) is 0 Å². The fourth-order valence-corrected chi connectivity index (χ4v) is 5.05. The molecule has 1 aromatic heterocycles. The van der Waals surface area contributed by atoms with Crippen molar-refractivity contribution in [3.63, 3.8) is 0 Å². The maximum atomic E-state index is 12.8. The van der Waals surface area contributed by atoms with Crippen molar-refractivity contribution in [3.8, 4) is 11.3 Å². The van der Waals surface area contributed by atoms with Crippen LogP contribution in [0, 0.1) is 0 Å². The number of hydrogen-bond acceptors (Lipinski definition) is 5. The van der Waals surface area contributed by atoms with Crippen LogP contribution in [-0.4, -0.2) is 42.5 Å². The molecule has 0 unspecified atom stereocenters. The highest BCUT2D eigenvalue weighted by atomic mass is 35.5. The molecule has 4 rings (SSSR count). The van der Waals surface area contributed by atoms with Gasteiger partial charge in [0.25, 0.3) is 11.5 Å². The third-order valence-corrected chi connectivity index (χ3v) is 7.16. The lowest BCUT2D eigenvalue weighted by Gasteiger charge is -2.40. The van der Waals surface area contributed by atoms with E-state index < -0.39 is 0 Å². The molecule has 1 heterocycles. The molecule has 11 heteroatoms. The van der Waals surface area contributed by atoms with Gasteiger partial charge in [0.2, 0.25) is 0 Å². The standard InChI is InChI=1S/C27H31ClN4O3.3ClH/c1-35-15-14-30-26(34)20-5-2-4-19(16-20)24-8-9-25(33)32(31-24)23-10-12-27(18-29,13-11-23)21-6-3-7-22(28)17-21;;;/h2-9,16-17,23H,10-15,18,29H2,1H3,(H,30,34);3*1H/t23-,27+;;;. The molecule has 38 heavy (non-hydrogen) atoms. The van der Waals surface area contributed by atoms with E-state index in [0.717, 1.165) is 36.8 Å². The van der Waals surface area contributed by atoms with Crippen LogP contribution in [0.5, 0.6) is 0 Å². The molecule has 0 spiro atoms. The van der Waals surface area contributed by atoms with Crippen LogP contribution < -0.4 is 16.6 Å². The molecule has 1 aliphatic carbocycles. The van der Waals surface area contributed by atoms with Crippen molar-refractivity contribution in [1.29, 1.82) is 0 Å². The Hall–Kier alpha value is -2.13. The van der Waals surface area contributed by atoms with Crippen molar-refractivity contribution in [2.45, 2.75) is 37.1 Å². The van der Waals surface area contributed by atoms with Gasteiger partial charge >= 0.3 is 0 Å². The third-order valence-electron chi connectivity index (χ3n) is 6.92. The minimum absolute atomic E-state index is 0. The molecule has 0 bridgehead atoms. The summed E-state index contributed by atoms with van der Waals surface area (Å²) in [6, 6.07) is 18.4. The maximum absolute atomic E-state index is 12.8. The van der Waals surface area contributed by atoms with Gasteiger partial charge in [-0.15, -0.1) is 37.2 Å². The van der Waals surface area contributed by atoms with Crippen LogP contribution in [0.25, 0.3) is 11.3 Å². The molecule has 1 fully saturated rings. The Balaban J connectivity index is 0.00000241. The molecule has 0 atom stereocenters. The summed E-state index contributed by atoms with van der Waals surface area (Å²) in [5, 5.41) is 8.23.